The summed E-state index contributed by atoms with van der Waals surface area (Å²) in [6.07, 6.45) is -3.56. The van der Waals surface area contributed by atoms with Crippen molar-refractivity contribution in [3.63, 3.8) is 0 Å². The van der Waals surface area contributed by atoms with Crippen LogP contribution in [0.4, 0.5) is 0 Å². The monoisotopic (exact) mass is 246 g/mol. The van der Waals surface area contributed by atoms with Gasteiger partial charge in [0.25, 0.3) is 0 Å². The smallest absolute Gasteiger partial charge is 0.393 e. The van der Waals surface area contributed by atoms with Gasteiger partial charge in [-0.2, -0.15) is 4.98 Å². The van der Waals surface area contributed by atoms with Gasteiger partial charge < -0.3 is 34.9 Å². The molecule has 8 nitrogen and oxygen atoms in total. The fourth-order valence-corrected chi connectivity index (χ4v) is 1.63. The zero-order valence-corrected chi connectivity index (χ0v) is 8.84. The molecule has 2 heterocycles. The second kappa shape index (κ2) is 4.98. The van der Waals surface area contributed by atoms with Crippen molar-refractivity contribution in [2.45, 2.75) is 30.7 Å². The molecule has 1 aromatic heterocycles. The highest BCUT2D eigenvalue weighted by atomic mass is 16.7. The zero-order chi connectivity index (χ0) is 12.4. The molecule has 8 heteroatoms. The van der Waals surface area contributed by atoms with Gasteiger partial charge in [-0.1, -0.05) is 0 Å². The SMILES string of the molecule is NCC1OC(O)[C@H](Oc2ncco2)[C@@H](O)[C@H]1O. The minimum atomic E-state index is -1.42. The van der Waals surface area contributed by atoms with Crippen LogP contribution in [-0.2, 0) is 4.74 Å². The van der Waals surface area contributed by atoms with Gasteiger partial charge in [0.2, 0.25) is 0 Å². The summed E-state index contributed by atoms with van der Waals surface area (Å²) >= 11 is 0. The lowest BCUT2D eigenvalue weighted by molar-refractivity contribution is -0.275. The van der Waals surface area contributed by atoms with Crippen LogP contribution in [-0.4, -0.2) is 57.6 Å². The average Bonchev–Trinajstić information content (AvgIpc) is 2.82. The number of aliphatic hydroxyl groups is 3. The van der Waals surface area contributed by atoms with Crippen LogP contribution >= 0.6 is 0 Å². The number of oxazole rings is 1. The topological polar surface area (TPSA) is 131 Å². The second-order valence-corrected chi connectivity index (χ2v) is 3.66. The molecule has 1 fully saturated rings. The van der Waals surface area contributed by atoms with Crippen molar-refractivity contribution in [1.82, 2.24) is 4.98 Å². The predicted octanol–water partition coefficient (Wildman–Crippen LogP) is -2.18. The molecule has 1 aromatic rings. The summed E-state index contributed by atoms with van der Waals surface area (Å²) in [6, 6.07) is 0. The van der Waals surface area contributed by atoms with Crippen LogP contribution in [0.2, 0.25) is 0 Å². The van der Waals surface area contributed by atoms with E-state index in [1.54, 1.807) is 0 Å². The van der Waals surface area contributed by atoms with Crippen molar-refractivity contribution >= 4 is 0 Å². The van der Waals surface area contributed by atoms with Gasteiger partial charge >= 0.3 is 6.08 Å². The third-order valence-electron chi connectivity index (χ3n) is 2.54. The number of hydrogen-bond donors (Lipinski definition) is 4. The second-order valence-electron chi connectivity index (χ2n) is 3.66. The molecule has 1 saturated heterocycles. The first-order valence-electron chi connectivity index (χ1n) is 5.09. The molecule has 96 valence electrons. The summed E-state index contributed by atoms with van der Waals surface area (Å²) in [5.41, 5.74) is 5.32. The molecule has 2 rings (SSSR count). The number of ether oxygens (including phenoxy) is 2. The van der Waals surface area contributed by atoms with E-state index in [4.69, 9.17) is 19.6 Å². The molecule has 0 saturated carbocycles. The summed E-state index contributed by atoms with van der Waals surface area (Å²) < 4.78 is 14.9. The van der Waals surface area contributed by atoms with E-state index >= 15 is 0 Å². The van der Waals surface area contributed by atoms with Gasteiger partial charge in [-0.05, 0) is 0 Å². The molecule has 0 radical (unpaired) electrons. The van der Waals surface area contributed by atoms with Crippen LogP contribution in [0.3, 0.4) is 0 Å². The van der Waals surface area contributed by atoms with Crippen molar-refractivity contribution in [3.05, 3.63) is 12.5 Å². The zero-order valence-electron chi connectivity index (χ0n) is 8.84. The van der Waals surface area contributed by atoms with Gasteiger partial charge in [0, 0.05) is 6.54 Å². The Morgan fingerprint density at radius 1 is 1.35 bits per heavy atom. The van der Waals surface area contributed by atoms with Gasteiger partial charge in [0.1, 0.15) is 24.6 Å². The highest BCUT2D eigenvalue weighted by Gasteiger charge is 2.45. The lowest BCUT2D eigenvalue weighted by atomic mass is 9.99. The molecule has 5 N–H and O–H groups in total. The Hall–Kier alpha value is -1.19. The molecule has 0 bridgehead atoms. The number of hydrogen-bond acceptors (Lipinski definition) is 8. The first kappa shape index (κ1) is 12.3. The van der Waals surface area contributed by atoms with Gasteiger partial charge in [-0.3, -0.25) is 0 Å². The molecule has 0 amide bonds. The normalized spacial score (nSPS) is 38.0. The Morgan fingerprint density at radius 3 is 2.71 bits per heavy atom. The third kappa shape index (κ3) is 2.40. The quantitative estimate of drug-likeness (QED) is 0.473. The highest BCUT2D eigenvalue weighted by Crippen LogP contribution is 2.23. The Labute approximate surface area is 96.6 Å². The molecule has 0 aliphatic carbocycles. The summed E-state index contributed by atoms with van der Waals surface area (Å²) in [5.74, 6) is 0. The minimum Gasteiger partial charge on any atom is -0.439 e. The molecule has 1 aliphatic rings. The number of nitrogens with two attached hydrogens (primary N) is 1. The van der Waals surface area contributed by atoms with Crippen LogP contribution in [0, 0.1) is 0 Å². The molecule has 2 unspecified atom stereocenters. The predicted molar refractivity (Wildman–Crippen MR) is 52.9 cm³/mol. The average molecular weight is 246 g/mol. The third-order valence-corrected chi connectivity index (χ3v) is 2.54. The lowest BCUT2D eigenvalue weighted by Gasteiger charge is -2.39. The summed E-state index contributed by atoms with van der Waals surface area (Å²) in [7, 11) is 0. The van der Waals surface area contributed by atoms with Crippen LogP contribution in [0.15, 0.2) is 16.9 Å². The van der Waals surface area contributed by atoms with Crippen molar-refractivity contribution in [1.29, 1.82) is 0 Å². The highest BCUT2D eigenvalue weighted by molar-refractivity contribution is 4.95. The number of aliphatic hydroxyl groups excluding tert-OH is 3. The van der Waals surface area contributed by atoms with Gasteiger partial charge in [0.15, 0.2) is 12.4 Å². The van der Waals surface area contributed by atoms with Crippen molar-refractivity contribution in [3.8, 4) is 6.08 Å². The maximum absolute atomic E-state index is 9.77. The fraction of sp³-hybridized carbons (Fsp3) is 0.667. The first-order chi connectivity index (χ1) is 8.13. The van der Waals surface area contributed by atoms with Crippen LogP contribution in [0.1, 0.15) is 0 Å². The summed E-state index contributed by atoms with van der Waals surface area (Å²) in [4.78, 5) is 3.67. The molecular weight excluding hydrogens is 232 g/mol. The summed E-state index contributed by atoms with van der Waals surface area (Å²) in [6.45, 7) is -0.0268. The Bertz CT molecular complexity index is 345. The van der Waals surface area contributed by atoms with E-state index in [0.717, 1.165) is 0 Å². The van der Waals surface area contributed by atoms with Crippen molar-refractivity contribution < 1.29 is 29.2 Å². The van der Waals surface area contributed by atoms with Gasteiger partial charge in [0.05, 0.1) is 6.20 Å². The molecule has 5 atom stereocenters. The van der Waals surface area contributed by atoms with E-state index in [2.05, 4.69) is 4.98 Å². The Morgan fingerprint density at radius 2 is 2.12 bits per heavy atom. The summed E-state index contributed by atoms with van der Waals surface area (Å²) in [5, 5.41) is 29.0. The Balaban J connectivity index is 2.06. The molecule has 17 heavy (non-hydrogen) atoms. The number of nitrogens with zero attached hydrogens (tertiary/aromatic N) is 1. The largest absolute Gasteiger partial charge is 0.439 e. The minimum absolute atomic E-state index is 0.0268. The molecule has 0 spiro atoms. The van der Waals surface area contributed by atoms with Crippen LogP contribution in [0.25, 0.3) is 0 Å². The van der Waals surface area contributed by atoms with E-state index in [1.165, 1.54) is 12.5 Å². The van der Waals surface area contributed by atoms with E-state index < -0.39 is 30.7 Å². The first-order valence-corrected chi connectivity index (χ1v) is 5.09. The van der Waals surface area contributed by atoms with Crippen LogP contribution in [0.5, 0.6) is 6.08 Å². The fourth-order valence-electron chi connectivity index (χ4n) is 1.63. The van der Waals surface area contributed by atoms with E-state index in [1.807, 2.05) is 0 Å². The van der Waals surface area contributed by atoms with Crippen molar-refractivity contribution in [2.75, 3.05) is 6.54 Å². The molecular formula is C9H14N2O6. The van der Waals surface area contributed by atoms with E-state index in [0.29, 0.717) is 0 Å². The van der Waals surface area contributed by atoms with Crippen LogP contribution < -0.4 is 10.5 Å². The van der Waals surface area contributed by atoms with Gasteiger partial charge in [-0.25, -0.2) is 0 Å². The number of rotatable bonds is 3. The van der Waals surface area contributed by atoms with Gasteiger partial charge in [-0.15, -0.1) is 0 Å². The van der Waals surface area contributed by atoms with E-state index in [9.17, 15) is 15.3 Å². The molecule has 0 aromatic carbocycles. The maximum Gasteiger partial charge on any atom is 0.393 e. The van der Waals surface area contributed by atoms with E-state index in [-0.39, 0.29) is 12.6 Å². The molecule has 1 aliphatic heterocycles. The van der Waals surface area contributed by atoms with Crippen molar-refractivity contribution in [2.24, 2.45) is 5.73 Å². The Kier molecular flexibility index (Phi) is 3.60. The lowest BCUT2D eigenvalue weighted by Crippen LogP contribution is -2.61. The standard InChI is InChI=1S/C9H14N2O6/c10-3-4-5(12)6(13)7(8(14)16-4)17-9-11-1-2-15-9/h1-2,4-8,12-14H,3,10H2/t4?,5-,6-,7+,8?/m0/s1. The maximum atomic E-state index is 9.77. The number of aromatic nitrogens is 1.